The van der Waals surface area contributed by atoms with Crippen LogP contribution in [0, 0.1) is 10.7 Å². The minimum absolute atomic E-state index is 0.164. The molecule has 1 aromatic rings. The molecule has 0 fully saturated rings. The summed E-state index contributed by atoms with van der Waals surface area (Å²) in [5.74, 6) is 0.0884. The molecule has 0 aliphatic heterocycles. The van der Waals surface area contributed by atoms with Gasteiger partial charge in [0.05, 0.1) is 7.11 Å². The zero-order chi connectivity index (χ0) is 8.97. The van der Waals surface area contributed by atoms with Gasteiger partial charge >= 0.3 is 0 Å². The van der Waals surface area contributed by atoms with Crippen molar-refractivity contribution in [3.05, 3.63) is 34.5 Å². The van der Waals surface area contributed by atoms with Gasteiger partial charge in [0.2, 0.25) is 0 Å². The predicted molar refractivity (Wildman–Crippen MR) is 42.5 cm³/mol. The fourth-order valence-electron chi connectivity index (χ4n) is 0.869. The normalized spacial score (nSPS) is 9.50. The number of methoxy groups -OCH3 is 1. The summed E-state index contributed by atoms with van der Waals surface area (Å²) in [5.41, 5.74) is 0.254. The average Bonchev–Trinajstić information content (AvgIpc) is 2.09. The highest BCUT2D eigenvalue weighted by atomic mass is 19.1. The minimum Gasteiger partial charge on any atom is -0.497 e. The molecule has 1 rings (SSSR count). The maximum atomic E-state index is 12.8. The number of benzene rings is 1. The smallest absolute Gasteiger partial charge is 0.128 e. The van der Waals surface area contributed by atoms with Crippen LogP contribution in [0.15, 0.2) is 23.4 Å². The van der Waals surface area contributed by atoms with Crippen LogP contribution in [0.3, 0.4) is 0 Å². The van der Waals surface area contributed by atoms with Crippen molar-refractivity contribution in [3.63, 3.8) is 0 Å². The fourth-order valence-corrected chi connectivity index (χ4v) is 0.869. The van der Waals surface area contributed by atoms with Crippen LogP contribution >= 0.6 is 0 Å². The lowest BCUT2D eigenvalue weighted by atomic mass is 10.2. The molecule has 64 valence electrons. The second-order valence-electron chi connectivity index (χ2n) is 2.24. The van der Waals surface area contributed by atoms with E-state index < -0.39 is 5.82 Å². The summed E-state index contributed by atoms with van der Waals surface area (Å²) in [6.07, 6.45) is 0. The number of rotatable bonds is 3. The SMILES string of the molecule is COc1ccc(F)c(CN=O)c1. The van der Waals surface area contributed by atoms with Gasteiger partial charge in [-0.2, -0.15) is 4.91 Å². The van der Waals surface area contributed by atoms with Crippen LogP contribution < -0.4 is 4.74 Å². The molecular weight excluding hydrogens is 161 g/mol. The third kappa shape index (κ3) is 1.78. The third-order valence-electron chi connectivity index (χ3n) is 1.49. The number of hydrogen-bond acceptors (Lipinski definition) is 3. The van der Waals surface area contributed by atoms with E-state index in [1.54, 1.807) is 0 Å². The Labute approximate surface area is 69.1 Å². The first-order chi connectivity index (χ1) is 5.77. The maximum Gasteiger partial charge on any atom is 0.128 e. The summed E-state index contributed by atoms with van der Waals surface area (Å²) in [4.78, 5) is 9.87. The second-order valence-corrected chi connectivity index (χ2v) is 2.24. The third-order valence-corrected chi connectivity index (χ3v) is 1.49. The summed E-state index contributed by atoms with van der Waals surface area (Å²) < 4.78 is 17.7. The van der Waals surface area contributed by atoms with Crippen molar-refractivity contribution in [2.45, 2.75) is 6.54 Å². The monoisotopic (exact) mass is 169 g/mol. The lowest BCUT2D eigenvalue weighted by Gasteiger charge is -2.01. The highest BCUT2D eigenvalue weighted by Crippen LogP contribution is 2.16. The summed E-state index contributed by atoms with van der Waals surface area (Å²) in [6.45, 7) is -0.164. The van der Waals surface area contributed by atoms with Crippen molar-refractivity contribution in [3.8, 4) is 5.75 Å². The van der Waals surface area contributed by atoms with Crippen molar-refractivity contribution in [2.24, 2.45) is 5.18 Å². The first kappa shape index (κ1) is 8.64. The van der Waals surface area contributed by atoms with Gasteiger partial charge in [-0.1, -0.05) is 5.18 Å². The maximum absolute atomic E-state index is 12.8. The lowest BCUT2D eigenvalue weighted by Crippen LogP contribution is -1.90. The van der Waals surface area contributed by atoms with Crippen LogP contribution in [0.2, 0.25) is 0 Å². The molecule has 0 saturated heterocycles. The molecule has 4 heteroatoms. The molecule has 0 saturated carbocycles. The molecule has 0 atom stereocenters. The summed E-state index contributed by atoms with van der Waals surface area (Å²) in [5, 5.41) is 2.60. The van der Waals surface area contributed by atoms with Crippen molar-refractivity contribution in [1.82, 2.24) is 0 Å². The molecule has 0 aliphatic rings. The van der Waals surface area contributed by atoms with Gasteiger partial charge in [-0.25, -0.2) is 4.39 Å². The summed E-state index contributed by atoms with van der Waals surface area (Å²) in [6, 6.07) is 4.19. The van der Waals surface area contributed by atoms with Gasteiger partial charge in [0, 0.05) is 5.56 Å². The quantitative estimate of drug-likeness (QED) is 0.650. The molecule has 0 N–H and O–H groups in total. The first-order valence-electron chi connectivity index (χ1n) is 3.39. The number of hydrogen-bond donors (Lipinski definition) is 0. The van der Waals surface area contributed by atoms with Crippen molar-refractivity contribution >= 4 is 0 Å². The van der Waals surface area contributed by atoms with Crippen LogP contribution in [0.1, 0.15) is 5.56 Å². The van der Waals surface area contributed by atoms with E-state index in [1.807, 2.05) is 0 Å². The molecule has 0 heterocycles. The largest absolute Gasteiger partial charge is 0.497 e. The highest BCUT2D eigenvalue weighted by Gasteiger charge is 2.02. The van der Waals surface area contributed by atoms with Crippen LogP contribution in [-0.2, 0) is 6.54 Å². The molecule has 0 unspecified atom stereocenters. The van der Waals surface area contributed by atoms with E-state index in [0.717, 1.165) is 0 Å². The van der Waals surface area contributed by atoms with Crippen LogP contribution in [0.25, 0.3) is 0 Å². The van der Waals surface area contributed by atoms with Crippen molar-refractivity contribution < 1.29 is 9.13 Å². The van der Waals surface area contributed by atoms with Gasteiger partial charge in [-0.15, -0.1) is 0 Å². The van der Waals surface area contributed by atoms with Crippen molar-refractivity contribution in [2.75, 3.05) is 7.11 Å². The first-order valence-corrected chi connectivity index (χ1v) is 3.39. The summed E-state index contributed by atoms with van der Waals surface area (Å²) >= 11 is 0. The molecule has 0 radical (unpaired) electrons. The van der Waals surface area contributed by atoms with Gasteiger partial charge < -0.3 is 4.74 Å². The predicted octanol–water partition coefficient (Wildman–Crippen LogP) is 2.10. The topological polar surface area (TPSA) is 38.7 Å². The van der Waals surface area contributed by atoms with Gasteiger partial charge in [0.15, 0.2) is 0 Å². The average molecular weight is 169 g/mol. The Morgan fingerprint density at radius 3 is 2.92 bits per heavy atom. The Hall–Kier alpha value is -1.45. The van der Waals surface area contributed by atoms with E-state index in [0.29, 0.717) is 5.75 Å². The molecule has 0 aromatic heterocycles. The highest BCUT2D eigenvalue weighted by molar-refractivity contribution is 5.29. The zero-order valence-electron chi connectivity index (χ0n) is 6.58. The van der Waals surface area contributed by atoms with Crippen LogP contribution in [0.5, 0.6) is 5.75 Å². The van der Waals surface area contributed by atoms with E-state index in [-0.39, 0.29) is 12.1 Å². The van der Waals surface area contributed by atoms with E-state index in [1.165, 1.54) is 25.3 Å². The Balaban J connectivity index is 2.99. The molecule has 12 heavy (non-hydrogen) atoms. The number of nitroso groups, excluding NO2 is 1. The number of nitrogens with zero attached hydrogens (tertiary/aromatic N) is 1. The van der Waals surface area contributed by atoms with E-state index in [4.69, 9.17) is 4.74 Å². The van der Waals surface area contributed by atoms with Crippen molar-refractivity contribution in [1.29, 1.82) is 0 Å². The Morgan fingerprint density at radius 1 is 1.58 bits per heavy atom. The van der Waals surface area contributed by atoms with Gasteiger partial charge in [-0.05, 0) is 18.2 Å². The van der Waals surface area contributed by atoms with Gasteiger partial charge in [0.25, 0.3) is 0 Å². The number of ether oxygens (including phenoxy) is 1. The Bertz CT molecular complexity index is 288. The zero-order valence-corrected chi connectivity index (χ0v) is 6.58. The van der Waals surface area contributed by atoms with Gasteiger partial charge in [0.1, 0.15) is 18.1 Å². The minimum atomic E-state index is -0.435. The molecule has 0 aliphatic carbocycles. The fraction of sp³-hybridized carbons (Fsp3) is 0.250. The van der Waals surface area contributed by atoms with Crippen LogP contribution in [0.4, 0.5) is 4.39 Å². The standard InChI is InChI=1S/C8H8FNO2/c1-12-7-2-3-8(9)6(4-7)5-10-11/h2-4H,5H2,1H3. The Kier molecular flexibility index (Phi) is 2.74. The molecule has 1 aromatic carbocycles. The van der Waals surface area contributed by atoms with E-state index in [9.17, 15) is 9.30 Å². The Morgan fingerprint density at radius 2 is 2.33 bits per heavy atom. The number of halogens is 1. The van der Waals surface area contributed by atoms with Gasteiger partial charge in [-0.3, -0.25) is 0 Å². The summed E-state index contributed by atoms with van der Waals surface area (Å²) in [7, 11) is 1.48. The molecule has 0 amide bonds. The van der Waals surface area contributed by atoms with E-state index >= 15 is 0 Å². The lowest BCUT2D eigenvalue weighted by molar-refractivity contribution is 0.413. The molecule has 0 bridgehead atoms. The van der Waals surface area contributed by atoms with Crippen LogP contribution in [-0.4, -0.2) is 7.11 Å². The molecule has 3 nitrogen and oxygen atoms in total. The molecule has 0 spiro atoms. The second kappa shape index (κ2) is 3.80. The molecular formula is C8H8FNO2. The van der Waals surface area contributed by atoms with E-state index in [2.05, 4.69) is 5.18 Å².